The first-order chi connectivity index (χ1) is 19.6. The van der Waals surface area contributed by atoms with Crippen molar-refractivity contribution in [3.8, 4) is 0 Å². The van der Waals surface area contributed by atoms with E-state index in [4.69, 9.17) is 9.57 Å². The van der Waals surface area contributed by atoms with Crippen molar-refractivity contribution >= 4 is 34.5 Å². The number of fused-ring (bicyclic) bond motifs is 1. The largest absolute Gasteiger partial charge is 0.382 e. The molecule has 0 unspecified atom stereocenters. The maximum Gasteiger partial charge on any atom is 0.246 e. The maximum atomic E-state index is 13.3. The number of H-pyrrole nitrogens is 1. The second-order valence-electron chi connectivity index (χ2n) is 10.6. The summed E-state index contributed by atoms with van der Waals surface area (Å²) < 4.78 is 5.17. The van der Waals surface area contributed by atoms with Crippen LogP contribution in [0, 0.1) is 0 Å². The third-order valence-electron chi connectivity index (χ3n) is 6.10. The van der Waals surface area contributed by atoms with Gasteiger partial charge in [0.05, 0.1) is 18.6 Å². The number of ether oxygens (including phenoxy) is 1. The van der Waals surface area contributed by atoms with Gasteiger partial charge < -0.3 is 25.7 Å². The molecule has 2 aromatic carbocycles. The number of hydroxylamine groups is 1. The van der Waals surface area contributed by atoms with Crippen LogP contribution in [0.5, 0.6) is 0 Å². The summed E-state index contributed by atoms with van der Waals surface area (Å²) in [5.74, 6) is -2.18. The molecule has 1 heterocycles. The minimum absolute atomic E-state index is 0.111. The first-order valence-electron chi connectivity index (χ1n) is 13.5. The van der Waals surface area contributed by atoms with Gasteiger partial charge >= 0.3 is 0 Å². The van der Waals surface area contributed by atoms with Crippen molar-refractivity contribution in [3.05, 3.63) is 71.9 Å². The Balaban J connectivity index is 1.65. The van der Waals surface area contributed by atoms with Crippen LogP contribution >= 0.6 is 0 Å². The zero-order valence-electron chi connectivity index (χ0n) is 23.9. The van der Waals surface area contributed by atoms with E-state index in [0.717, 1.165) is 22.0 Å². The van der Waals surface area contributed by atoms with Gasteiger partial charge in [0.15, 0.2) is 0 Å². The molecule has 0 saturated heterocycles. The van der Waals surface area contributed by atoms with Crippen LogP contribution in [-0.4, -0.2) is 60.0 Å². The Kier molecular flexibility index (Phi) is 11.4. The highest BCUT2D eigenvalue weighted by molar-refractivity contribution is 5.95. The van der Waals surface area contributed by atoms with Crippen molar-refractivity contribution < 1.29 is 28.8 Å². The zero-order chi connectivity index (χ0) is 29.8. The molecule has 0 fully saturated rings. The van der Waals surface area contributed by atoms with Crippen molar-refractivity contribution in [3.63, 3.8) is 0 Å². The Labute approximate surface area is 239 Å². The van der Waals surface area contributed by atoms with E-state index in [-0.39, 0.29) is 19.6 Å². The average Bonchev–Trinajstić information content (AvgIpc) is 3.43. The Bertz CT molecular complexity index is 1320. The zero-order valence-corrected chi connectivity index (χ0v) is 23.9. The normalized spacial score (nSPS) is 12.8. The molecule has 220 valence electrons. The molecule has 0 aliphatic rings. The van der Waals surface area contributed by atoms with Crippen LogP contribution in [0.1, 0.15) is 44.7 Å². The molecule has 0 bridgehead atoms. The fourth-order valence-electron chi connectivity index (χ4n) is 4.05. The molecule has 11 heteroatoms. The molecule has 3 rings (SSSR count). The predicted molar refractivity (Wildman–Crippen MR) is 154 cm³/mol. The number of hydrogen-bond acceptors (Lipinski definition) is 6. The number of aromatic amines is 1. The lowest BCUT2D eigenvalue weighted by molar-refractivity contribution is -0.147. The molecule has 0 saturated carbocycles. The van der Waals surface area contributed by atoms with E-state index in [1.165, 1.54) is 7.11 Å². The Morgan fingerprint density at radius 3 is 2.34 bits per heavy atom. The van der Waals surface area contributed by atoms with Gasteiger partial charge in [-0.05, 0) is 50.5 Å². The molecular weight excluding hydrogens is 526 g/mol. The van der Waals surface area contributed by atoms with E-state index in [2.05, 4.69) is 26.4 Å². The number of amides is 4. The molecular formula is C30H39N5O6. The maximum absolute atomic E-state index is 13.3. The van der Waals surface area contributed by atoms with Gasteiger partial charge in [-0.2, -0.15) is 0 Å². The number of aromatic nitrogens is 1. The highest BCUT2D eigenvalue weighted by Crippen LogP contribution is 2.17. The van der Waals surface area contributed by atoms with Gasteiger partial charge in [0.2, 0.25) is 23.6 Å². The summed E-state index contributed by atoms with van der Waals surface area (Å²) in [5.41, 5.74) is 4.47. The number of nitrogens with one attached hydrogen (secondary N) is 5. The standard InChI is InChI=1S/C30H39N5O6/c1-30(2,3)41-35-27(37)17-24(33-26(36)14-13-20-9-6-5-7-10-20)29(39)34-25(19-40-4)28(38)32-18-21-11-8-12-23-22(21)15-16-31-23/h5-12,15-16,24-25,31H,13-14,17-19H2,1-4H3,(H,32,38)(H,33,36)(H,34,39)(H,35,37)/t24-,25-/m0/s1. The number of methoxy groups -OCH3 is 1. The summed E-state index contributed by atoms with van der Waals surface area (Å²) >= 11 is 0. The summed E-state index contributed by atoms with van der Waals surface area (Å²) in [4.78, 5) is 60.1. The fraction of sp³-hybridized carbons (Fsp3) is 0.400. The van der Waals surface area contributed by atoms with Gasteiger partial charge in [-0.1, -0.05) is 42.5 Å². The molecule has 4 amide bonds. The van der Waals surface area contributed by atoms with Gasteiger partial charge in [0.25, 0.3) is 0 Å². The molecule has 11 nitrogen and oxygen atoms in total. The van der Waals surface area contributed by atoms with E-state index in [0.29, 0.717) is 6.42 Å². The third kappa shape index (κ3) is 10.4. The SMILES string of the molecule is COC[C@H](NC(=O)[C@H](CC(=O)NOC(C)(C)C)NC(=O)CCc1ccccc1)C(=O)NCc1cccc2[nH]ccc12. The summed E-state index contributed by atoms with van der Waals surface area (Å²) in [6, 6.07) is 14.8. The van der Waals surface area contributed by atoms with Crippen LogP contribution in [0.15, 0.2) is 60.8 Å². The fourth-order valence-corrected chi connectivity index (χ4v) is 4.05. The van der Waals surface area contributed by atoms with Gasteiger partial charge in [0.1, 0.15) is 12.1 Å². The third-order valence-corrected chi connectivity index (χ3v) is 6.10. The van der Waals surface area contributed by atoms with Crippen LogP contribution in [0.2, 0.25) is 0 Å². The monoisotopic (exact) mass is 565 g/mol. The highest BCUT2D eigenvalue weighted by Gasteiger charge is 2.29. The molecule has 0 aliphatic heterocycles. The lowest BCUT2D eigenvalue weighted by Gasteiger charge is -2.24. The van der Waals surface area contributed by atoms with Crippen LogP contribution in [-0.2, 0) is 41.7 Å². The molecule has 41 heavy (non-hydrogen) atoms. The second-order valence-corrected chi connectivity index (χ2v) is 10.6. The van der Waals surface area contributed by atoms with Crippen LogP contribution in [0.3, 0.4) is 0 Å². The van der Waals surface area contributed by atoms with Gasteiger partial charge in [-0.3, -0.25) is 24.0 Å². The number of carbonyl (C=O) groups excluding carboxylic acids is 4. The molecule has 0 radical (unpaired) electrons. The number of aryl methyl sites for hydroxylation is 1. The lowest BCUT2D eigenvalue weighted by Crippen LogP contribution is -2.56. The minimum Gasteiger partial charge on any atom is -0.382 e. The van der Waals surface area contributed by atoms with E-state index in [1.54, 1.807) is 20.8 Å². The number of rotatable bonds is 14. The van der Waals surface area contributed by atoms with Crippen molar-refractivity contribution in [2.45, 2.75) is 64.3 Å². The predicted octanol–water partition coefficient (Wildman–Crippen LogP) is 2.27. The summed E-state index contributed by atoms with van der Waals surface area (Å²) in [6.07, 6.45) is 2.00. The van der Waals surface area contributed by atoms with E-state index < -0.39 is 47.7 Å². The van der Waals surface area contributed by atoms with Gasteiger partial charge in [0, 0.05) is 37.2 Å². The highest BCUT2D eigenvalue weighted by atomic mass is 16.7. The lowest BCUT2D eigenvalue weighted by atomic mass is 10.1. The Morgan fingerprint density at radius 2 is 1.63 bits per heavy atom. The van der Waals surface area contributed by atoms with E-state index in [1.807, 2.05) is 60.8 Å². The summed E-state index contributed by atoms with van der Waals surface area (Å²) in [7, 11) is 1.41. The van der Waals surface area contributed by atoms with Gasteiger partial charge in [-0.25, -0.2) is 5.48 Å². The first kappa shape index (κ1) is 31.3. The second kappa shape index (κ2) is 15.0. The number of hydrogen-bond donors (Lipinski definition) is 5. The molecule has 0 aliphatic carbocycles. The molecule has 2 atom stereocenters. The van der Waals surface area contributed by atoms with Crippen LogP contribution in [0.4, 0.5) is 0 Å². The van der Waals surface area contributed by atoms with Crippen molar-refractivity contribution in [2.24, 2.45) is 0 Å². The summed E-state index contributed by atoms with van der Waals surface area (Å²) in [5, 5.41) is 9.07. The van der Waals surface area contributed by atoms with Crippen molar-refractivity contribution in [1.29, 1.82) is 0 Å². The van der Waals surface area contributed by atoms with Crippen LogP contribution in [0.25, 0.3) is 10.9 Å². The minimum atomic E-state index is -1.25. The number of benzene rings is 2. The molecule has 5 N–H and O–H groups in total. The van der Waals surface area contributed by atoms with E-state index in [9.17, 15) is 19.2 Å². The van der Waals surface area contributed by atoms with Gasteiger partial charge in [-0.15, -0.1) is 0 Å². The summed E-state index contributed by atoms with van der Waals surface area (Å²) in [6.45, 7) is 5.39. The number of carbonyl (C=O) groups is 4. The van der Waals surface area contributed by atoms with Crippen molar-refractivity contribution in [2.75, 3.05) is 13.7 Å². The van der Waals surface area contributed by atoms with Crippen LogP contribution < -0.4 is 21.4 Å². The molecule has 0 spiro atoms. The smallest absolute Gasteiger partial charge is 0.246 e. The quantitative estimate of drug-likeness (QED) is 0.189. The van der Waals surface area contributed by atoms with E-state index >= 15 is 0 Å². The topological polar surface area (TPSA) is 151 Å². The molecule has 3 aromatic rings. The Morgan fingerprint density at radius 1 is 0.878 bits per heavy atom. The van der Waals surface area contributed by atoms with Crippen molar-refractivity contribution in [1.82, 2.24) is 26.4 Å². The Hall–Kier alpha value is -4.22. The average molecular weight is 566 g/mol. The molecule has 1 aromatic heterocycles. The first-order valence-corrected chi connectivity index (χ1v) is 13.5.